The molecule has 1 heterocycles. The van der Waals surface area contributed by atoms with E-state index in [9.17, 15) is 13.2 Å². The van der Waals surface area contributed by atoms with Gasteiger partial charge in [-0.3, -0.25) is 0 Å². The van der Waals surface area contributed by atoms with E-state index in [0.29, 0.717) is 5.89 Å². The zero-order valence-electron chi connectivity index (χ0n) is 13.2. The second-order valence-electron chi connectivity index (χ2n) is 5.79. The van der Waals surface area contributed by atoms with E-state index < -0.39 is 21.4 Å². The Kier molecular flexibility index (Phi) is 4.42. The number of esters is 1. The van der Waals surface area contributed by atoms with Gasteiger partial charge in [0.1, 0.15) is 0 Å². The predicted molar refractivity (Wildman–Crippen MR) is 81.6 cm³/mol. The minimum Gasteiger partial charge on any atom is -0.465 e. The van der Waals surface area contributed by atoms with E-state index in [1.165, 1.54) is 31.4 Å². The molecule has 124 valence electrons. The lowest BCUT2D eigenvalue weighted by Gasteiger charge is -2.11. The van der Waals surface area contributed by atoms with Crippen LogP contribution in [0.3, 0.4) is 0 Å². The topological polar surface area (TPSA) is 111 Å². The molecule has 0 bridgehead atoms. The number of hydrogen-bond donors (Lipinski definition) is 1. The summed E-state index contributed by atoms with van der Waals surface area (Å²) in [5, 5.41) is 7.48. The van der Waals surface area contributed by atoms with E-state index in [-0.39, 0.29) is 16.5 Å². The van der Waals surface area contributed by atoms with Crippen molar-refractivity contribution in [3.8, 4) is 0 Å². The van der Waals surface area contributed by atoms with Gasteiger partial charge in [0.2, 0.25) is 5.89 Å². The Labute approximate surface area is 133 Å². The van der Waals surface area contributed by atoms with E-state index in [1.807, 2.05) is 20.8 Å². The number of ether oxygens (including phenoxy) is 1. The molecule has 1 N–H and O–H groups in total. The highest BCUT2D eigenvalue weighted by atomic mass is 32.2. The SMILES string of the molecule is COC(=O)c1cccc(S(=O)(=O)Nc2nnc(C(C)(C)C)o2)c1. The van der Waals surface area contributed by atoms with Gasteiger partial charge in [0.25, 0.3) is 10.0 Å². The van der Waals surface area contributed by atoms with Gasteiger partial charge in [0.05, 0.1) is 17.6 Å². The first-order valence-corrected chi connectivity index (χ1v) is 8.17. The molecule has 0 amide bonds. The predicted octanol–water partition coefficient (Wildman–Crippen LogP) is 1.95. The molecule has 0 aliphatic carbocycles. The summed E-state index contributed by atoms with van der Waals surface area (Å²) in [6, 6.07) is 5.20. The first-order chi connectivity index (χ1) is 10.6. The number of carbonyl (C=O) groups is 1. The van der Waals surface area contributed by atoms with Crippen LogP contribution in [0.4, 0.5) is 6.01 Å². The molecule has 9 heteroatoms. The van der Waals surface area contributed by atoms with E-state index in [1.54, 1.807) is 0 Å². The fourth-order valence-electron chi connectivity index (χ4n) is 1.65. The molecule has 0 aliphatic rings. The molecule has 1 aromatic carbocycles. The van der Waals surface area contributed by atoms with Crippen molar-refractivity contribution < 1.29 is 22.4 Å². The lowest BCUT2D eigenvalue weighted by molar-refractivity contribution is 0.0600. The largest absolute Gasteiger partial charge is 0.465 e. The zero-order valence-corrected chi connectivity index (χ0v) is 14.0. The number of methoxy groups -OCH3 is 1. The van der Waals surface area contributed by atoms with Gasteiger partial charge >= 0.3 is 12.0 Å². The molecule has 0 atom stereocenters. The highest BCUT2D eigenvalue weighted by Gasteiger charge is 2.24. The molecule has 1 aromatic heterocycles. The van der Waals surface area contributed by atoms with Crippen LogP contribution in [0, 0.1) is 0 Å². The molecule has 0 radical (unpaired) electrons. The van der Waals surface area contributed by atoms with Crippen molar-refractivity contribution in [3.63, 3.8) is 0 Å². The fourth-order valence-corrected chi connectivity index (χ4v) is 2.62. The standard InChI is InChI=1S/C14H17N3O5S/c1-14(2,3)12-15-16-13(22-12)17-23(19,20)10-7-5-6-9(8-10)11(18)21-4/h5-8H,1-4H3,(H,16,17). The number of carbonyl (C=O) groups excluding carboxylic acids is 1. The number of nitrogens with one attached hydrogen (secondary N) is 1. The number of nitrogens with zero attached hydrogens (tertiary/aromatic N) is 2. The monoisotopic (exact) mass is 339 g/mol. The van der Waals surface area contributed by atoms with Crippen molar-refractivity contribution in [2.45, 2.75) is 31.1 Å². The zero-order chi connectivity index (χ0) is 17.3. The van der Waals surface area contributed by atoms with Crippen molar-refractivity contribution in [1.29, 1.82) is 0 Å². The molecule has 8 nitrogen and oxygen atoms in total. The summed E-state index contributed by atoms with van der Waals surface area (Å²) in [7, 11) is -2.75. The number of sulfonamides is 1. The average Bonchev–Trinajstić information content (AvgIpc) is 2.94. The van der Waals surface area contributed by atoms with Gasteiger partial charge in [0.15, 0.2) is 0 Å². The Balaban J connectivity index is 2.29. The molecule has 0 saturated carbocycles. The van der Waals surface area contributed by atoms with E-state index in [2.05, 4.69) is 19.7 Å². The Bertz CT molecular complexity index is 821. The van der Waals surface area contributed by atoms with Gasteiger partial charge < -0.3 is 9.15 Å². The van der Waals surface area contributed by atoms with Crippen LogP contribution < -0.4 is 4.72 Å². The molecule has 0 fully saturated rings. The maximum absolute atomic E-state index is 12.3. The van der Waals surface area contributed by atoms with E-state index >= 15 is 0 Å². The van der Waals surface area contributed by atoms with Crippen molar-refractivity contribution >= 4 is 22.0 Å². The smallest absolute Gasteiger partial charge is 0.337 e. The summed E-state index contributed by atoms with van der Waals surface area (Å²) in [6.45, 7) is 5.58. The summed E-state index contributed by atoms with van der Waals surface area (Å²) in [4.78, 5) is 11.4. The first kappa shape index (κ1) is 16.9. The maximum atomic E-state index is 12.3. The average molecular weight is 339 g/mol. The number of hydrogen-bond acceptors (Lipinski definition) is 7. The van der Waals surface area contributed by atoms with E-state index in [4.69, 9.17) is 4.42 Å². The number of rotatable bonds is 4. The number of benzene rings is 1. The lowest BCUT2D eigenvalue weighted by Crippen LogP contribution is -2.14. The van der Waals surface area contributed by atoms with Gasteiger partial charge in [0, 0.05) is 5.41 Å². The van der Waals surface area contributed by atoms with Crippen molar-refractivity contribution in [2.24, 2.45) is 0 Å². The fraction of sp³-hybridized carbons (Fsp3) is 0.357. The summed E-state index contributed by atoms with van der Waals surface area (Å²) in [6.07, 6.45) is 0. The Morgan fingerprint density at radius 2 is 1.96 bits per heavy atom. The van der Waals surface area contributed by atoms with Crippen molar-refractivity contribution in [2.75, 3.05) is 11.8 Å². The Morgan fingerprint density at radius 3 is 2.52 bits per heavy atom. The highest BCUT2D eigenvalue weighted by Crippen LogP contribution is 2.23. The minimum atomic E-state index is -3.96. The van der Waals surface area contributed by atoms with E-state index in [0.717, 1.165) is 0 Å². The van der Waals surface area contributed by atoms with Gasteiger partial charge in [-0.1, -0.05) is 31.9 Å². The molecular formula is C14H17N3O5S. The third-order valence-corrected chi connectivity index (χ3v) is 4.17. The minimum absolute atomic E-state index is 0.115. The molecule has 0 aliphatic heterocycles. The van der Waals surface area contributed by atoms with Gasteiger partial charge in [-0.2, -0.15) is 0 Å². The normalized spacial score (nSPS) is 12.0. The summed E-state index contributed by atoms with van der Waals surface area (Å²) in [5.41, 5.74) is -0.280. The van der Waals surface area contributed by atoms with Crippen LogP contribution in [0.1, 0.15) is 37.0 Å². The van der Waals surface area contributed by atoms with Crippen molar-refractivity contribution in [3.05, 3.63) is 35.7 Å². The van der Waals surface area contributed by atoms with Crippen LogP contribution >= 0.6 is 0 Å². The third kappa shape index (κ3) is 3.86. The highest BCUT2D eigenvalue weighted by molar-refractivity contribution is 7.92. The third-order valence-electron chi connectivity index (χ3n) is 2.85. The Morgan fingerprint density at radius 1 is 1.26 bits per heavy atom. The molecule has 23 heavy (non-hydrogen) atoms. The van der Waals surface area contributed by atoms with Crippen molar-refractivity contribution in [1.82, 2.24) is 10.2 Å². The quantitative estimate of drug-likeness (QED) is 0.847. The molecule has 2 aromatic rings. The molecule has 0 spiro atoms. The Hall–Kier alpha value is -2.42. The summed E-state index contributed by atoms with van der Waals surface area (Å²) < 4.78 is 36.7. The van der Waals surface area contributed by atoms with Gasteiger partial charge in [-0.15, -0.1) is 5.10 Å². The van der Waals surface area contributed by atoms with Crippen LogP contribution in [0.15, 0.2) is 33.6 Å². The van der Waals surface area contributed by atoms with Gasteiger partial charge in [-0.05, 0) is 18.2 Å². The van der Waals surface area contributed by atoms with Crippen LogP contribution in [0.2, 0.25) is 0 Å². The molecule has 2 rings (SSSR count). The van der Waals surface area contributed by atoms with Crippen LogP contribution in [-0.2, 0) is 20.2 Å². The van der Waals surface area contributed by atoms with Crippen LogP contribution in [0.5, 0.6) is 0 Å². The summed E-state index contributed by atoms with van der Waals surface area (Å²) in [5.74, 6) is -0.326. The van der Waals surface area contributed by atoms with Crippen LogP contribution in [0.25, 0.3) is 0 Å². The molecular weight excluding hydrogens is 322 g/mol. The van der Waals surface area contributed by atoms with Gasteiger partial charge in [-0.25, -0.2) is 17.9 Å². The molecule has 0 saturated heterocycles. The summed E-state index contributed by atoms with van der Waals surface area (Å²) >= 11 is 0. The number of anilines is 1. The molecule has 0 unspecified atom stereocenters. The lowest BCUT2D eigenvalue weighted by atomic mass is 9.97. The maximum Gasteiger partial charge on any atom is 0.337 e. The second kappa shape index (κ2) is 5.99. The first-order valence-electron chi connectivity index (χ1n) is 6.68. The second-order valence-corrected chi connectivity index (χ2v) is 7.47. The van der Waals surface area contributed by atoms with Crippen LogP contribution in [-0.4, -0.2) is 31.7 Å². The number of aromatic nitrogens is 2.